The second-order valence-electron chi connectivity index (χ2n) is 6.18. The van der Waals surface area contributed by atoms with Crippen molar-refractivity contribution in [1.29, 1.82) is 0 Å². The van der Waals surface area contributed by atoms with Gasteiger partial charge in [-0.15, -0.1) is 12.4 Å². The number of hydrogen-bond acceptors (Lipinski definition) is 4. The molecule has 7 heteroatoms. The van der Waals surface area contributed by atoms with E-state index in [4.69, 9.17) is 5.73 Å². The van der Waals surface area contributed by atoms with Gasteiger partial charge < -0.3 is 11.1 Å². The van der Waals surface area contributed by atoms with Gasteiger partial charge in [-0.1, -0.05) is 36.8 Å². The number of rotatable bonds is 5. The minimum atomic E-state index is -0.286. The molecule has 0 saturated heterocycles. The molecule has 6 nitrogen and oxygen atoms in total. The molecule has 1 aliphatic rings. The molecule has 1 aromatic heterocycles. The van der Waals surface area contributed by atoms with Gasteiger partial charge in [0.2, 0.25) is 5.91 Å². The van der Waals surface area contributed by atoms with Gasteiger partial charge in [0.25, 0.3) is 5.56 Å². The van der Waals surface area contributed by atoms with Crippen molar-refractivity contribution in [3.63, 3.8) is 0 Å². The van der Waals surface area contributed by atoms with E-state index < -0.39 is 0 Å². The predicted molar refractivity (Wildman–Crippen MR) is 99.5 cm³/mol. The molecule has 1 fully saturated rings. The Morgan fingerprint density at radius 2 is 1.96 bits per heavy atom. The van der Waals surface area contributed by atoms with E-state index in [2.05, 4.69) is 10.4 Å². The van der Waals surface area contributed by atoms with E-state index in [1.807, 2.05) is 30.3 Å². The van der Waals surface area contributed by atoms with Crippen molar-refractivity contribution in [2.24, 2.45) is 11.7 Å². The average molecular weight is 363 g/mol. The van der Waals surface area contributed by atoms with Crippen LogP contribution in [-0.2, 0) is 11.3 Å². The Bertz CT molecular complexity index is 763. The minimum absolute atomic E-state index is 0. The van der Waals surface area contributed by atoms with Gasteiger partial charge in [-0.3, -0.25) is 9.59 Å². The number of aromatic nitrogens is 2. The lowest BCUT2D eigenvalue weighted by atomic mass is 10.0. The molecule has 0 radical (unpaired) electrons. The summed E-state index contributed by atoms with van der Waals surface area (Å²) in [7, 11) is 0. The van der Waals surface area contributed by atoms with Crippen LogP contribution in [0.3, 0.4) is 0 Å². The molecule has 0 spiro atoms. The van der Waals surface area contributed by atoms with E-state index in [-0.39, 0.29) is 36.5 Å². The zero-order valence-corrected chi connectivity index (χ0v) is 14.7. The van der Waals surface area contributed by atoms with E-state index in [0.717, 1.165) is 24.8 Å². The number of nitrogens with two attached hydrogens (primary N) is 1. The molecule has 134 valence electrons. The molecular formula is C18H23ClN4O2. The van der Waals surface area contributed by atoms with Crippen LogP contribution in [0.25, 0.3) is 11.3 Å². The molecule has 1 saturated carbocycles. The van der Waals surface area contributed by atoms with E-state index >= 15 is 0 Å². The summed E-state index contributed by atoms with van der Waals surface area (Å²) in [5.74, 6) is 0.134. The summed E-state index contributed by atoms with van der Waals surface area (Å²) in [5, 5.41) is 7.31. The van der Waals surface area contributed by atoms with Crippen LogP contribution in [0.2, 0.25) is 0 Å². The third-order valence-corrected chi connectivity index (χ3v) is 4.54. The SMILES string of the molecule is Cl.NCC1CCCC1NC(=O)Cn1nc(-c2ccccc2)ccc1=O. The highest BCUT2D eigenvalue weighted by molar-refractivity contribution is 5.85. The maximum absolute atomic E-state index is 12.3. The van der Waals surface area contributed by atoms with E-state index in [1.54, 1.807) is 6.07 Å². The third kappa shape index (κ3) is 4.67. The molecule has 3 N–H and O–H groups in total. The summed E-state index contributed by atoms with van der Waals surface area (Å²) in [6.07, 6.45) is 3.07. The van der Waals surface area contributed by atoms with Crippen molar-refractivity contribution in [2.75, 3.05) is 6.54 Å². The standard InChI is InChI=1S/C18H22N4O2.ClH/c19-11-14-7-4-8-15(14)20-17(23)12-22-18(24)10-9-16(21-22)13-5-2-1-3-6-13;/h1-3,5-6,9-10,14-15H,4,7-8,11-12,19H2,(H,20,23);1H. The van der Waals surface area contributed by atoms with Crippen molar-refractivity contribution < 1.29 is 4.79 Å². The van der Waals surface area contributed by atoms with Crippen molar-refractivity contribution in [3.8, 4) is 11.3 Å². The molecule has 1 amide bonds. The lowest BCUT2D eigenvalue weighted by Gasteiger charge is -2.19. The third-order valence-electron chi connectivity index (χ3n) is 4.54. The summed E-state index contributed by atoms with van der Waals surface area (Å²) in [6.45, 7) is 0.500. The van der Waals surface area contributed by atoms with Gasteiger partial charge in [0.05, 0.1) is 5.69 Å². The number of carbonyl (C=O) groups excluding carboxylic acids is 1. The number of carbonyl (C=O) groups is 1. The van der Waals surface area contributed by atoms with Gasteiger partial charge in [-0.25, -0.2) is 4.68 Å². The number of nitrogens with one attached hydrogen (secondary N) is 1. The van der Waals surface area contributed by atoms with Gasteiger partial charge in [0.1, 0.15) is 6.54 Å². The molecule has 2 unspecified atom stereocenters. The van der Waals surface area contributed by atoms with Crippen LogP contribution >= 0.6 is 12.4 Å². The minimum Gasteiger partial charge on any atom is -0.351 e. The van der Waals surface area contributed by atoms with Crippen LogP contribution in [0.15, 0.2) is 47.3 Å². The highest BCUT2D eigenvalue weighted by atomic mass is 35.5. The fourth-order valence-corrected chi connectivity index (χ4v) is 3.22. The second kappa shape index (κ2) is 8.78. The van der Waals surface area contributed by atoms with Crippen LogP contribution in [0.4, 0.5) is 0 Å². The van der Waals surface area contributed by atoms with Gasteiger partial charge >= 0.3 is 0 Å². The van der Waals surface area contributed by atoms with Gasteiger partial charge in [0.15, 0.2) is 0 Å². The molecule has 2 atom stereocenters. The first-order chi connectivity index (χ1) is 11.7. The number of benzene rings is 1. The Hall–Kier alpha value is -2.18. The zero-order valence-electron chi connectivity index (χ0n) is 13.9. The highest BCUT2D eigenvalue weighted by Crippen LogP contribution is 2.24. The van der Waals surface area contributed by atoms with Crippen LogP contribution in [-0.4, -0.2) is 28.3 Å². The van der Waals surface area contributed by atoms with Crippen molar-refractivity contribution in [1.82, 2.24) is 15.1 Å². The van der Waals surface area contributed by atoms with Gasteiger partial charge in [0, 0.05) is 17.7 Å². The fraction of sp³-hybridized carbons (Fsp3) is 0.389. The molecular weight excluding hydrogens is 340 g/mol. The first-order valence-electron chi connectivity index (χ1n) is 8.30. The molecule has 3 rings (SSSR count). The molecule has 0 bridgehead atoms. The first kappa shape index (κ1) is 19.1. The molecule has 1 aromatic carbocycles. The van der Waals surface area contributed by atoms with Gasteiger partial charge in [-0.2, -0.15) is 5.10 Å². The van der Waals surface area contributed by atoms with E-state index in [1.165, 1.54) is 10.7 Å². The molecule has 2 aromatic rings. The van der Waals surface area contributed by atoms with Crippen LogP contribution in [0.5, 0.6) is 0 Å². The average Bonchev–Trinajstić information content (AvgIpc) is 3.04. The van der Waals surface area contributed by atoms with Gasteiger partial charge in [-0.05, 0) is 31.4 Å². The lowest BCUT2D eigenvalue weighted by molar-refractivity contribution is -0.122. The summed E-state index contributed by atoms with van der Waals surface area (Å²) in [6, 6.07) is 12.8. The summed E-state index contributed by atoms with van der Waals surface area (Å²) in [5.41, 5.74) is 7.03. The zero-order chi connectivity index (χ0) is 16.9. The van der Waals surface area contributed by atoms with E-state index in [9.17, 15) is 9.59 Å². The van der Waals surface area contributed by atoms with E-state index in [0.29, 0.717) is 18.2 Å². The Labute approximate surface area is 152 Å². The Morgan fingerprint density at radius 3 is 2.68 bits per heavy atom. The van der Waals surface area contributed by atoms with Crippen molar-refractivity contribution in [3.05, 3.63) is 52.8 Å². The van der Waals surface area contributed by atoms with Crippen LogP contribution < -0.4 is 16.6 Å². The maximum Gasteiger partial charge on any atom is 0.267 e. The summed E-state index contributed by atoms with van der Waals surface area (Å²) in [4.78, 5) is 24.3. The van der Waals surface area contributed by atoms with Crippen molar-refractivity contribution in [2.45, 2.75) is 31.8 Å². The number of nitrogens with zero attached hydrogens (tertiary/aromatic N) is 2. The Kier molecular flexibility index (Phi) is 6.73. The topological polar surface area (TPSA) is 90.0 Å². The monoisotopic (exact) mass is 362 g/mol. The van der Waals surface area contributed by atoms with Crippen LogP contribution in [0.1, 0.15) is 19.3 Å². The molecule has 0 aliphatic heterocycles. The molecule has 25 heavy (non-hydrogen) atoms. The number of hydrogen-bond donors (Lipinski definition) is 2. The fourth-order valence-electron chi connectivity index (χ4n) is 3.22. The Morgan fingerprint density at radius 1 is 1.20 bits per heavy atom. The quantitative estimate of drug-likeness (QED) is 0.844. The summed E-state index contributed by atoms with van der Waals surface area (Å²) >= 11 is 0. The number of amides is 1. The summed E-state index contributed by atoms with van der Waals surface area (Å²) < 4.78 is 1.21. The van der Waals surface area contributed by atoms with Crippen LogP contribution in [0, 0.1) is 5.92 Å². The molecule has 1 aliphatic carbocycles. The molecule has 1 heterocycles. The Balaban J connectivity index is 0.00000225. The van der Waals surface area contributed by atoms with Crippen molar-refractivity contribution >= 4 is 18.3 Å². The maximum atomic E-state index is 12.3. The first-order valence-corrected chi connectivity index (χ1v) is 8.30. The normalized spacial score (nSPS) is 19.2. The highest BCUT2D eigenvalue weighted by Gasteiger charge is 2.27. The smallest absolute Gasteiger partial charge is 0.267 e. The predicted octanol–water partition coefficient (Wildman–Crippen LogP) is 1.58. The lowest BCUT2D eigenvalue weighted by Crippen LogP contribution is -2.42. The largest absolute Gasteiger partial charge is 0.351 e. The number of halogens is 1. The second-order valence-corrected chi connectivity index (χ2v) is 6.18.